The molecule has 9 rings (SSSR count). The van der Waals surface area contributed by atoms with Gasteiger partial charge in [-0.05, 0) is 55.2 Å². The number of rotatable bonds is 14. The van der Waals surface area contributed by atoms with Gasteiger partial charge in [0, 0.05) is 54.8 Å². The summed E-state index contributed by atoms with van der Waals surface area (Å²) in [4.78, 5) is 41.9. The van der Waals surface area contributed by atoms with Gasteiger partial charge < -0.3 is 9.87 Å². The number of alkyl halides is 6. The second kappa shape index (κ2) is 15.6. The summed E-state index contributed by atoms with van der Waals surface area (Å²) < 4.78 is 135. The molecule has 0 spiro atoms. The van der Waals surface area contributed by atoms with Crippen molar-refractivity contribution in [1.82, 2.24) is 44.4 Å². The van der Waals surface area contributed by atoms with Gasteiger partial charge in [0.1, 0.15) is 52.9 Å². The van der Waals surface area contributed by atoms with E-state index in [1.165, 1.54) is 18.3 Å². The zero-order valence-electron chi connectivity index (χ0n) is 31.9. The van der Waals surface area contributed by atoms with Crippen molar-refractivity contribution in [3.63, 3.8) is 0 Å². The highest BCUT2D eigenvalue weighted by Crippen LogP contribution is 2.68. The van der Waals surface area contributed by atoms with Crippen molar-refractivity contribution in [3.8, 4) is 17.2 Å². The molecule has 0 bridgehead atoms. The Labute approximate surface area is 352 Å². The molecular weight excluding hydrogens is 876 g/mol. The minimum atomic E-state index is -3.58. The van der Waals surface area contributed by atoms with Crippen LogP contribution in [-0.2, 0) is 41.6 Å². The fourth-order valence-corrected chi connectivity index (χ4v) is 9.33. The van der Waals surface area contributed by atoms with E-state index in [-0.39, 0.29) is 61.7 Å². The number of anilines is 1. The lowest BCUT2D eigenvalue weighted by molar-refractivity contribution is -0.123. The molecular formula is C39H31ClF8N10O3S. The lowest BCUT2D eigenvalue weighted by atomic mass is 10.0. The van der Waals surface area contributed by atoms with Crippen LogP contribution in [0.25, 0.3) is 28.1 Å². The molecule has 2 saturated carbocycles. The Kier molecular flexibility index (Phi) is 10.5. The van der Waals surface area contributed by atoms with Crippen LogP contribution in [0.15, 0.2) is 53.5 Å². The lowest BCUT2D eigenvalue weighted by Gasteiger charge is -2.24. The van der Waals surface area contributed by atoms with Crippen LogP contribution in [0.4, 0.5) is 40.9 Å². The van der Waals surface area contributed by atoms with Gasteiger partial charge in [0.2, 0.25) is 11.7 Å². The van der Waals surface area contributed by atoms with Gasteiger partial charge >= 0.3 is 0 Å². The number of halogens is 9. The standard InChI is InChI=1S/C39H31ClF8N10O3S/c1-16-6-7-49-36(50-16)24-13-29(60)58(26-5-4-23(40)31-33(26)56(14-27(43)44)54-37(31)55-62(61)20-2-3-20)38(52-24)25(10-17-8-18(41)11-19(42)9-17)51-28(59)15-57-34-30(32(53-57)35(45)46)21-12-22(21)39(34,47)48/h4-9,11,13,20-22,25,27,35H,2-3,10,12,14-15H2,1H3,(H,51,59)(H,54,55). The van der Waals surface area contributed by atoms with E-state index < -0.39 is 108 Å². The molecule has 3 aliphatic carbocycles. The van der Waals surface area contributed by atoms with E-state index in [4.69, 9.17) is 11.6 Å². The molecule has 1 amide bonds. The molecule has 4 aromatic heterocycles. The summed E-state index contributed by atoms with van der Waals surface area (Å²) in [5, 5.41) is 10.3. The molecule has 3 aliphatic rings. The van der Waals surface area contributed by atoms with Gasteiger partial charge in [0.15, 0.2) is 5.82 Å². The second-order valence-corrected chi connectivity index (χ2v) is 17.2. The van der Waals surface area contributed by atoms with Crippen LogP contribution >= 0.6 is 11.6 Å². The van der Waals surface area contributed by atoms with Crippen LogP contribution in [0, 0.1) is 24.5 Å². The van der Waals surface area contributed by atoms with Crippen LogP contribution in [-0.4, -0.2) is 61.2 Å². The predicted molar refractivity (Wildman–Crippen MR) is 208 cm³/mol. The highest BCUT2D eigenvalue weighted by atomic mass is 35.5. The first-order chi connectivity index (χ1) is 29.5. The minimum absolute atomic E-state index is 0.0168. The topological polar surface area (TPSA) is 160 Å². The number of carbonyl (C=O) groups is 1. The van der Waals surface area contributed by atoms with Crippen LogP contribution < -0.4 is 15.6 Å². The Balaban J connectivity index is 1.23. The molecule has 0 radical (unpaired) electrons. The molecule has 13 nitrogen and oxygen atoms in total. The molecule has 4 heterocycles. The van der Waals surface area contributed by atoms with Crippen LogP contribution in [0.3, 0.4) is 0 Å². The third kappa shape index (κ3) is 7.65. The highest BCUT2D eigenvalue weighted by Gasteiger charge is 2.67. The number of carbonyl (C=O) groups excluding carboxylic acids is 1. The fourth-order valence-electron chi connectivity index (χ4n) is 8.03. The van der Waals surface area contributed by atoms with Gasteiger partial charge in [0.25, 0.3) is 24.3 Å². The molecule has 324 valence electrons. The summed E-state index contributed by atoms with van der Waals surface area (Å²) >= 11 is 4.96. The molecule has 4 atom stereocenters. The van der Waals surface area contributed by atoms with Crippen molar-refractivity contribution in [2.24, 2.45) is 5.92 Å². The van der Waals surface area contributed by atoms with Gasteiger partial charge in [-0.3, -0.25) is 23.5 Å². The smallest absolute Gasteiger partial charge is 0.293 e. The molecule has 62 heavy (non-hydrogen) atoms. The highest BCUT2D eigenvalue weighted by molar-refractivity contribution is 7.93. The van der Waals surface area contributed by atoms with Crippen LogP contribution in [0.1, 0.15) is 71.7 Å². The van der Waals surface area contributed by atoms with Gasteiger partial charge in [0.05, 0.1) is 39.0 Å². The number of nitrogens with zero attached hydrogens (tertiary/aromatic N) is 8. The summed E-state index contributed by atoms with van der Waals surface area (Å²) in [6.45, 7) is -0.454. The van der Waals surface area contributed by atoms with Crippen molar-refractivity contribution >= 4 is 45.6 Å². The fraction of sp³-hybridized carbons (Fsp3) is 0.359. The van der Waals surface area contributed by atoms with Crippen molar-refractivity contribution < 1.29 is 44.5 Å². The third-order valence-corrected chi connectivity index (χ3v) is 12.6. The maximum Gasteiger partial charge on any atom is 0.293 e. The number of nitrogens with one attached hydrogen (secondary N) is 2. The summed E-state index contributed by atoms with van der Waals surface area (Å²) in [5.41, 5.74) is -3.14. The van der Waals surface area contributed by atoms with Crippen LogP contribution in [0.5, 0.6) is 0 Å². The third-order valence-electron chi connectivity index (χ3n) is 10.8. The largest absolute Gasteiger partial charge is 0.593 e. The summed E-state index contributed by atoms with van der Waals surface area (Å²) in [5.74, 6) is -9.48. The van der Waals surface area contributed by atoms with Gasteiger partial charge in [-0.15, -0.1) is 5.10 Å². The summed E-state index contributed by atoms with van der Waals surface area (Å²) in [6, 6.07) is 5.96. The van der Waals surface area contributed by atoms with Gasteiger partial charge in [-0.1, -0.05) is 11.6 Å². The Morgan fingerprint density at radius 2 is 1.77 bits per heavy atom. The van der Waals surface area contributed by atoms with Crippen molar-refractivity contribution in [2.45, 2.75) is 81.7 Å². The molecule has 0 saturated heterocycles. The van der Waals surface area contributed by atoms with E-state index in [1.54, 1.807) is 13.0 Å². The van der Waals surface area contributed by atoms with E-state index in [9.17, 15) is 40.5 Å². The monoisotopic (exact) mass is 906 g/mol. The maximum absolute atomic E-state index is 15.5. The van der Waals surface area contributed by atoms with E-state index in [1.807, 2.05) is 0 Å². The van der Waals surface area contributed by atoms with Crippen molar-refractivity contribution in [1.29, 1.82) is 0 Å². The maximum atomic E-state index is 15.5. The molecule has 2 aromatic carbocycles. The Morgan fingerprint density at radius 1 is 1.03 bits per heavy atom. The summed E-state index contributed by atoms with van der Waals surface area (Å²) in [6.07, 6.45) is -4.17. The molecule has 23 heteroatoms. The molecule has 0 aliphatic heterocycles. The number of hydrogen-bond acceptors (Lipinski definition) is 9. The molecule has 4 unspecified atom stereocenters. The molecule has 2 N–H and O–H groups in total. The van der Waals surface area contributed by atoms with E-state index >= 15 is 8.78 Å². The number of fused-ring (bicyclic) bond motifs is 4. The van der Waals surface area contributed by atoms with Gasteiger partial charge in [-0.25, -0.2) is 41.3 Å². The number of hydrogen-bond donors (Lipinski definition) is 2. The zero-order chi connectivity index (χ0) is 43.9. The van der Waals surface area contributed by atoms with E-state index in [0.717, 1.165) is 27.4 Å². The van der Waals surface area contributed by atoms with E-state index in [2.05, 4.69) is 35.2 Å². The van der Waals surface area contributed by atoms with Crippen molar-refractivity contribution in [2.75, 3.05) is 4.72 Å². The van der Waals surface area contributed by atoms with E-state index in [0.29, 0.717) is 29.3 Å². The first-order valence-electron chi connectivity index (χ1n) is 19.1. The first-order valence-corrected chi connectivity index (χ1v) is 20.7. The van der Waals surface area contributed by atoms with Crippen molar-refractivity contribution in [3.05, 3.63) is 110 Å². The average Bonchev–Trinajstić information content (AvgIpc) is 4.11. The number of aryl methyl sites for hydroxylation is 1. The minimum Gasteiger partial charge on any atom is -0.593 e. The molecule has 2 fully saturated rings. The van der Waals surface area contributed by atoms with Crippen LogP contribution in [0.2, 0.25) is 5.02 Å². The predicted octanol–water partition coefficient (Wildman–Crippen LogP) is 7.23. The Morgan fingerprint density at radius 3 is 2.45 bits per heavy atom. The number of benzene rings is 2. The average molecular weight is 907 g/mol. The lowest BCUT2D eigenvalue weighted by Crippen LogP contribution is -2.38. The summed E-state index contributed by atoms with van der Waals surface area (Å²) in [7, 11) is 0. The zero-order valence-corrected chi connectivity index (χ0v) is 33.5. The second-order valence-electron chi connectivity index (χ2n) is 15.3. The van der Waals surface area contributed by atoms with Gasteiger partial charge in [-0.2, -0.15) is 18.6 Å². The Hall–Kier alpha value is -5.61. The molecule has 6 aromatic rings. The quantitative estimate of drug-likeness (QED) is 0.0850. The Bertz CT molecular complexity index is 2820. The number of aromatic nitrogens is 8. The normalized spacial score (nSPS) is 18.6. The SMILES string of the molecule is Cc1ccnc(-c2cc(=O)n(-c3ccc(Cl)c4c(N[S+]([O-])C5CC5)nn(CC(F)F)c34)c(C(Cc3cc(F)cc(F)c3)NC(=O)Cn3nc(C(F)F)c4c3C(F)(F)C3CC43)n2)n1. The first kappa shape index (κ1) is 41.7. The number of amides is 1.